The molecule has 1 fully saturated rings. The summed E-state index contributed by atoms with van der Waals surface area (Å²) < 4.78 is 1.91. The first-order chi connectivity index (χ1) is 13.4. The minimum Gasteiger partial charge on any atom is -0.390 e. The van der Waals surface area contributed by atoms with Crippen molar-refractivity contribution >= 4 is 11.6 Å². The van der Waals surface area contributed by atoms with Crippen molar-refractivity contribution in [3.63, 3.8) is 0 Å². The quantitative estimate of drug-likeness (QED) is 0.720. The minimum absolute atomic E-state index is 0.0523. The molecule has 0 unspecified atom stereocenters. The monoisotopic (exact) mass is 377 g/mol. The van der Waals surface area contributed by atoms with Gasteiger partial charge in [0.1, 0.15) is 5.65 Å². The van der Waals surface area contributed by atoms with Crippen LogP contribution >= 0.6 is 0 Å². The summed E-state index contributed by atoms with van der Waals surface area (Å²) in [6, 6.07) is 13.9. The first kappa shape index (κ1) is 18.7. The first-order valence-corrected chi connectivity index (χ1v) is 9.97. The molecule has 2 N–H and O–H groups in total. The fraction of sp³-hybridized carbons (Fsp3) is 0.391. The van der Waals surface area contributed by atoms with Crippen LogP contribution in [-0.4, -0.2) is 32.0 Å². The number of rotatable bonds is 4. The maximum absolute atomic E-state index is 12.7. The molecule has 5 heteroatoms. The van der Waals surface area contributed by atoms with Gasteiger partial charge in [-0.05, 0) is 57.6 Å². The highest BCUT2D eigenvalue weighted by Gasteiger charge is 2.31. The van der Waals surface area contributed by atoms with Crippen LogP contribution in [-0.2, 0) is 0 Å². The van der Waals surface area contributed by atoms with E-state index in [1.807, 2.05) is 73.1 Å². The highest BCUT2D eigenvalue weighted by atomic mass is 16.3. The van der Waals surface area contributed by atoms with Crippen molar-refractivity contribution in [3.8, 4) is 11.3 Å². The van der Waals surface area contributed by atoms with Crippen LogP contribution < -0.4 is 5.32 Å². The van der Waals surface area contributed by atoms with Crippen molar-refractivity contribution in [2.75, 3.05) is 0 Å². The molecule has 0 aliphatic heterocycles. The molecule has 0 bridgehead atoms. The van der Waals surface area contributed by atoms with Crippen molar-refractivity contribution in [2.45, 2.75) is 51.2 Å². The zero-order valence-corrected chi connectivity index (χ0v) is 16.4. The number of hydrogen-bond donors (Lipinski definition) is 2. The molecular weight excluding hydrogens is 350 g/mol. The molecule has 1 saturated carbocycles. The standard InChI is InChI=1S/C23H27N3O2/c1-23(2,28)18-9-11-19(12-10-18)24-22(27)17-8-13-21-25-20(15-26(21)14-17)16-6-4-3-5-7-16/h3-8,13-15,18-19,28H,9-12H2,1-2H3,(H,24,27). The van der Waals surface area contributed by atoms with Crippen LogP contribution in [0.25, 0.3) is 16.9 Å². The zero-order valence-electron chi connectivity index (χ0n) is 16.4. The van der Waals surface area contributed by atoms with Crippen molar-refractivity contribution in [2.24, 2.45) is 5.92 Å². The number of fused-ring (bicyclic) bond motifs is 1. The number of pyridine rings is 1. The zero-order chi connectivity index (χ0) is 19.7. The summed E-state index contributed by atoms with van der Waals surface area (Å²) in [5, 5.41) is 13.3. The van der Waals surface area contributed by atoms with Crippen molar-refractivity contribution in [1.29, 1.82) is 0 Å². The molecule has 0 radical (unpaired) electrons. The van der Waals surface area contributed by atoms with Gasteiger partial charge in [0.05, 0.1) is 16.9 Å². The van der Waals surface area contributed by atoms with Gasteiger partial charge < -0.3 is 14.8 Å². The van der Waals surface area contributed by atoms with E-state index >= 15 is 0 Å². The number of carbonyl (C=O) groups is 1. The molecule has 0 spiro atoms. The lowest BCUT2D eigenvalue weighted by Gasteiger charge is -2.36. The topological polar surface area (TPSA) is 66.6 Å². The Morgan fingerprint density at radius 2 is 1.79 bits per heavy atom. The van der Waals surface area contributed by atoms with Gasteiger partial charge in [0, 0.05) is 24.0 Å². The summed E-state index contributed by atoms with van der Waals surface area (Å²) >= 11 is 0. The van der Waals surface area contributed by atoms with Crippen LogP contribution in [0.4, 0.5) is 0 Å². The molecule has 2 heterocycles. The molecule has 0 atom stereocenters. The van der Waals surface area contributed by atoms with E-state index < -0.39 is 5.60 Å². The molecule has 1 aliphatic rings. The smallest absolute Gasteiger partial charge is 0.252 e. The van der Waals surface area contributed by atoms with Gasteiger partial charge in [-0.1, -0.05) is 30.3 Å². The average molecular weight is 377 g/mol. The van der Waals surface area contributed by atoms with Crippen LogP contribution in [0.3, 0.4) is 0 Å². The van der Waals surface area contributed by atoms with Crippen LogP contribution in [0.1, 0.15) is 49.9 Å². The Kier molecular flexibility index (Phi) is 4.94. The predicted molar refractivity (Wildman–Crippen MR) is 110 cm³/mol. The van der Waals surface area contributed by atoms with E-state index in [1.54, 1.807) is 0 Å². The fourth-order valence-corrected chi connectivity index (χ4v) is 4.09. The number of aromatic nitrogens is 2. The van der Waals surface area contributed by atoms with Gasteiger partial charge in [0.25, 0.3) is 5.91 Å². The van der Waals surface area contributed by atoms with E-state index in [-0.39, 0.29) is 11.9 Å². The number of nitrogens with one attached hydrogen (secondary N) is 1. The van der Waals surface area contributed by atoms with Gasteiger partial charge in [-0.3, -0.25) is 4.79 Å². The third-order valence-corrected chi connectivity index (χ3v) is 5.84. The van der Waals surface area contributed by atoms with Crippen molar-refractivity contribution in [1.82, 2.24) is 14.7 Å². The predicted octanol–water partition coefficient (Wildman–Crippen LogP) is 4.06. The fourth-order valence-electron chi connectivity index (χ4n) is 4.09. The summed E-state index contributed by atoms with van der Waals surface area (Å²) in [5.74, 6) is 0.253. The van der Waals surface area contributed by atoms with Crippen LogP contribution in [0.15, 0.2) is 54.9 Å². The molecule has 4 rings (SSSR count). The first-order valence-electron chi connectivity index (χ1n) is 9.97. The highest BCUT2D eigenvalue weighted by Crippen LogP contribution is 2.32. The van der Waals surface area contributed by atoms with E-state index in [2.05, 4.69) is 10.3 Å². The number of benzene rings is 1. The Morgan fingerprint density at radius 3 is 2.46 bits per heavy atom. The van der Waals surface area contributed by atoms with Crippen LogP contribution in [0.2, 0.25) is 0 Å². The second-order valence-electron chi connectivity index (χ2n) is 8.35. The number of aliphatic hydroxyl groups is 1. The average Bonchev–Trinajstić information content (AvgIpc) is 3.12. The van der Waals surface area contributed by atoms with Gasteiger partial charge in [-0.25, -0.2) is 4.98 Å². The second kappa shape index (κ2) is 7.40. The summed E-state index contributed by atoms with van der Waals surface area (Å²) in [7, 11) is 0. The Hall–Kier alpha value is -2.66. The molecule has 2 aromatic heterocycles. The second-order valence-corrected chi connectivity index (χ2v) is 8.35. The molecule has 3 aromatic rings. The lowest BCUT2D eigenvalue weighted by Crippen LogP contribution is -2.41. The molecule has 146 valence electrons. The largest absolute Gasteiger partial charge is 0.390 e. The third kappa shape index (κ3) is 3.94. The third-order valence-electron chi connectivity index (χ3n) is 5.84. The molecule has 28 heavy (non-hydrogen) atoms. The molecule has 1 aliphatic carbocycles. The highest BCUT2D eigenvalue weighted by molar-refractivity contribution is 5.94. The van der Waals surface area contributed by atoms with Gasteiger partial charge in [0.15, 0.2) is 0 Å². The Morgan fingerprint density at radius 1 is 1.07 bits per heavy atom. The van der Waals surface area contributed by atoms with Gasteiger partial charge >= 0.3 is 0 Å². The molecule has 1 amide bonds. The van der Waals surface area contributed by atoms with Crippen molar-refractivity contribution < 1.29 is 9.90 Å². The molecule has 0 saturated heterocycles. The van der Waals surface area contributed by atoms with Crippen molar-refractivity contribution in [3.05, 3.63) is 60.4 Å². The summed E-state index contributed by atoms with van der Waals surface area (Å²) in [5.41, 5.74) is 2.76. The molecular formula is C23H27N3O2. The lowest BCUT2D eigenvalue weighted by molar-refractivity contribution is -0.00257. The normalized spacial score (nSPS) is 20.2. The number of carbonyl (C=O) groups excluding carboxylic acids is 1. The van der Waals surface area contributed by atoms with E-state index in [1.165, 1.54) is 0 Å². The maximum atomic E-state index is 12.7. The number of nitrogens with zero attached hydrogens (tertiary/aromatic N) is 2. The Labute approximate surface area is 165 Å². The van der Waals surface area contributed by atoms with E-state index in [4.69, 9.17) is 0 Å². The summed E-state index contributed by atoms with van der Waals surface area (Å²) in [4.78, 5) is 17.4. The maximum Gasteiger partial charge on any atom is 0.252 e. The SMILES string of the molecule is CC(C)(O)C1CCC(NC(=O)c2ccc3nc(-c4ccccc4)cn3c2)CC1. The van der Waals surface area contributed by atoms with Crippen LogP contribution in [0.5, 0.6) is 0 Å². The van der Waals surface area contributed by atoms with E-state index in [9.17, 15) is 9.90 Å². The Bertz CT molecular complexity index is 964. The van der Waals surface area contributed by atoms with Gasteiger partial charge in [0.2, 0.25) is 0 Å². The number of hydrogen-bond acceptors (Lipinski definition) is 3. The summed E-state index contributed by atoms with van der Waals surface area (Å²) in [6.45, 7) is 3.75. The summed E-state index contributed by atoms with van der Waals surface area (Å²) in [6.07, 6.45) is 7.49. The van der Waals surface area contributed by atoms with E-state index in [0.29, 0.717) is 11.5 Å². The number of imidazole rings is 1. The van der Waals surface area contributed by atoms with Gasteiger partial charge in [-0.2, -0.15) is 0 Å². The van der Waals surface area contributed by atoms with Crippen LogP contribution in [0, 0.1) is 5.92 Å². The molecule has 5 nitrogen and oxygen atoms in total. The lowest BCUT2D eigenvalue weighted by atomic mass is 9.77. The molecule has 1 aromatic carbocycles. The van der Waals surface area contributed by atoms with E-state index in [0.717, 1.165) is 42.6 Å². The Balaban J connectivity index is 1.45. The van der Waals surface area contributed by atoms with Gasteiger partial charge in [-0.15, -0.1) is 0 Å². The number of amides is 1. The minimum atomic E-state index is -0.641.